The first kappa shape index (κ1) is 22.4. The molecule has 4 atom stereocenters. The number of H-pyrrole nitrogens is 1. The lowest BCUT2D eigenvalue weighted by atomic mass is 10.1. The molecular formula is C21H24N6O6. The van der Waals surface area contributed by atoms with Crippen molar-refractivity contribution in [2.45, 2.75) is 24.5 Å². The minimum absolute atomic E-state index is 0.0779. The average Bonchev–Trinajstić information content (AvgIpc) is 3.11. The lowest BCUT2D eigenvalue weighted by Gasteiger charge is -2.24. The third-order valence-electron chi connectivity index (χ3n) is 5.12. The summed E-state index contributed by atoms with van der Waals surface area (Å²) in [5.41, 5.74) is 10.9. The van der Waals surface area contributed by atoms with Gasteiger partial charge >= 0.3 is 5.69 Å². The summed E-state index contributed by atoms with van der Waals surface area (Å²) in [7, 11) is 0. The first-order valence-corrected chi connectivity index (χ1v) is 10.1. The van der Waals surface area contributed by atoms with Gasteiger partial charge in [0.25, 0.3) is 5.56 Å². The van der Waals surface area contributed by atoms with Crippen molar-refractivity contribution < 1.29 is 20.1 Å². The van der Waals surface area contributed by atoms with Crippen molar-refractivity contribution in [1.82, 2.24) is 9.55 Å². The van der Waals surface area contributed by atoms with E-state index in [-0.39, 0.29) is 11.5 Å². The summed E-state index contributed by atoms with van der Waals surface area (Å²) in [5, 5.41) is 30.1. The normalized spacial score (nSPS) is 22.0. The Morgan fingerprint density at radius 2 is 1.42 bits per heavy atom. The second-order valence-corrected chi connectivity index (χ2v) is 7.31. The van der Waals surface area contributed by atoms with E-state index in [9.17, 15) is 24.9 Å². The van der Waals surface area contributed by atoms with E-state index in [0.29, 0.717) is 11.4 Å². The number of nitrogens with one attached hydrogen (secondary N) is 5. The van der Waals surface area contributed by atoms with Crippen molar-refractivity contribution in [3.63, 3.8) is 0 Å². The van der Waals surface area contributed by atoms with Crippen molar-refractivity contribution in [2.75, 3.05) is 28.3 Å². The molecule has 33 heavy (non-hydrogen) atoms. The number of aliphatic hydroxyl groups is 3. The molecule has 0 saturated carbocycles. The summed E-state index contributed by atoms with van der Waals surface area (Å²) in [6.07, 6.45) is -5.48. The lowest BCUT2D eigenvalue weighted by Crippen LogP contribution is -2.41. The molecule has 1 aliphatic rings. The van der Waals surface area contributed by atoms with Crippen LogP contribution in [0.1, 0.15) is 6.23 Å². The van der Waals surface area contributed by atoms with Crippen LogP contribution in [0.25, 0.3) is 0 Å². The van der Waals surface area contributed by atoms with Gasteiger partial charge in [-0.3, -0.25) is 26.1 Å². The molecule has 0 aliphatic carbocycles. The van der Waals surface area contributed by atoms with Crippen LogP contribution in [0.3, 0.4) is 0 Å². The Morgan fingerprint density at radius 3 is 1.97 bits per heavy atom. The molecule has 12 nitrogen and oxygen atoms in total. The van der Waals surface area contributed by atoms with Crippen LogP contribution in [0.2, 0.25) is 0 Å². The number of anilines is 4. The third-order valence-corrected chi connectivity index (χ3v) is 5.12. The Kier molecular flexibility index (Phi) is 6.60. The largest absolute Gasteiger partial charge is 0.394 e. The molecule has 0 radical (unpaired) electrons. The lowest BCUT2D eigenvalue weighted by molar-refractivity contribution is -0.0538. The van der Waals surface area contributed by atoms with E-state index < -0.39 is 42.4 Å². The SMILES string of the molecule is O=c1[nH]c(=O)n([C@@H]2O[C@@H](CO)[C@@H](O)[C@@H]2O)c(NNc2ccccc2)c1NNc1ccccc1. The van der Waals surface area contributed by atoms with Gasteiger partial charge in [0.15, 0.2) is 17.7 Å². The molecule has 174 valence electrons. The predicted octanol–water partition coefficient (Wildman–Crippen LogP) is 0.0261. The van der Waals surface area contributed by atoms with Gasteiger partial charge in [-0.1, -0.05) is 36.4 Å². The zero-order valence-electron chi connectivity index (χ0n) is 17.3. The number of aromatic nitrogens is 2. The summed E-state index contributed by atoms with van der Waals surface area (Å²) in [6, 6.07) is 17.9. The highest BCUT2D eigenvalue weighted by Crippen LogP contribution is 2.32. The van der Waals surface area contributed by atoms with Gasteiger partial charge < -0.3 is 25.5 Å². The van der Waals surface area contributed by atoms with Crippen LogP contribution in [0.5, 0.6) is 0 Å². The molecule has 1 aromatic heterocycles. The minimum Gasteiger partial charge on any atom is -0.394 e. The van der Waals surface area contributed by atoms with Crippen molar-refractivity contribution in [3.8, 4) is 0 Å². The number of aromatic amines is 1. The highest BCUT2D eigenvalue weighted by molar-refractivity contribution is 5.68. The fourth-order valence-corrected chi connectivity index (χ4v) is 3.43. The second kappa shape index (κ2) is 9.75. The zero-order valence-corrected chi connectivity index (χ0v) is 17.3. The number of ether oxygens (including phenoxy) is 1. The van der Waals surface area contributed by atoms with E-state index in [2.05, 4.69) is 26.7 Å². The number of aliphatic hydroxyl groups excluding tert-OH is 3. The van der Waals surface area contributed by atoms with Crippen LogP contribution in [0.4, 0.5) is 22.9 Å². The smallest absolute Gasteiger partial charge is 0.332 e. The van der Waals surface area contributed by atoms with Crippen molar-refractivity contribution in [2.24, 2.45) is 0 Å². The molecule has 12 heteroatoms. The first-order chi connectivity index (χ1) is 16.0. The number of rotatable bonds is 8. The molecule has 2 heterocycles. The van der Waals surface area contributed by atoms with Gasteiger partial charge in [-0.25, -0.2) is 9.36 Å². The van der Waals surface area contributed by atoms with Crippen LogP contribution in [0.15, 0.2) is 70.3 Å². The number of benzene rings is 2. The summed E-state index contributed by atoms with van der Waals surface area (Å²) >= 11 is 0. The molecule has 3 aromatic rings. The van der Waals surface area contributed by atoms with E-state index in [1.54, 1.807) is 48.5 Å². The second-order valence-electron chi connectivity index (χ2n) is 7.31. The molecule has 0 spiro atoms. The molecule has 1 saturated heterocycles. The topological polar surface area (TPSA) is 173 Å². The van der Waals surface area contributed by atoms with Gasteiger partial charge in [-0.15, -0.1) is 0 Å². The molecule has 0 unspecified atom stereocenters. The van der Waals surface area contributed by atoms with Gasteiger partial charge in [0.05, 0.1) is 18.0 Å². The molecule has 1 fully saturated rings. The van der Waals surface area contributed by atoms with Crippen molar-refractivity contribution >= 4 is 22.9 Å². The summed E-state index contributed by atoms with van der Waals surface area (Å²) in [5.74, 6) is -0.0779. The van der Waals surface area contributed by atoms with Crippen molar-refractivity contribution in [1.29, 1.82) is 0 Å². The molecule has 4 rings (SSSR count). The summed E-state index contributed by atoms with van der Waals surface area (Å²) in [4.78, 5) is 27.7. The maximum absolute atomic E-state index is 12.8. The third kappa shape index (κ3) is 4.68. The van der Waals surface area contributed by atoms with E-state index in [1.165, 1.54) is 0 Å². The zero-order chi connectivity index (χ0) is 23.4. The Balaban J connectivity index is 1.75. The van der Waals surface area contributed by atoms with Gasteiger partial charge in [0.2, 0.25) is 0 Å². The van der Waals surface area contributed by atoms with Gasteiger partial charge in [0, 0.05) is 0 Å². The molecule has 1 aliphatic heterocycles. The van der Waals surface area contributed by atoms with Gasteiger partial charge in [-0.2, -0.15) is 0 Å². The number of para-hydroxylation sites is 2. The first-order valence-electron chi connectivity index (χ1n) is 10.1. The Labute approximate surface area is 187 Å². The Morgan fingerprint density at radius 1 is 0.848 bits per heavy atom. The predicted molar refractivity (Wildman–Crippen MR) is 122 cm³/mol. The van der Waals surface area contributed by atoms with E-state index >= 15 is 0 Å². The minimum atomic E-state index is -1.54. The quantitative estimate of drug-likeness (QED) is 0.216. The summed E-state index contributed by atoms with van der Waals surface area (Å²) < 4.78 is 6.48. The number of hydrazine groups is 2. The fraction of sp³-hybridized carbons (Fsp3) is 0.238. The average molecular weight is 456 g/mol. The highest BCUT2D eigenvalue weighted by atomic mass is 16.6. The van der Waals surface area contributed by atoms with Crippen LogP contribution < -0.4 is 33.0 Å². The fourth-order valence-electron chi connectivity index (χ4n) is 3.43. The molecule has 2 aromatic carbocycles. The maximum atomic E-state index is 12.8. The number of nitrogens with zero attached hydrogens (tertiary/aromatic N) is 1. The van der Waals surface area contributed by atoms with Crippen LogP contribution in [0, 0.1) is 0 Å². The Hall–Kier alpha value is -3.84. The van der Waals surface area contributed by atoms with Gasteiger partial charge in [0.1, 0.15) is 18.3 Å². The van der Waals surface area contributed by atoms with Crippen LogP contribution >= 0.6 is 0 Å². The molecule has 8 N–H and O–H groups in total. The van der Waals surface area contributed by atoms with E-state index in [1.807, 2.05) is 12.1 Å². The highest BCUT2D eigenvalue weighted by Gasteiger charge is 2.45. The number of hydrogen-bond acceptors (Lipinski definition) is 10. The Bertz CT molecular complexity index is 1190. The summed E-state index contributed by atoms with van der Waals surface area (Å²) in [6.45, 7) is -0.571. The molecular weight excluding hydrogens is 432 g/mol. The van der Waals surface area contributed by atoms with Gasteiger partial charge in [-0.05, 0) is 24.3 Å². The van der Waals surface area contributed by atoms with Crippen LogP contribution in [-0.4, -0.2) is 49.8 Å². The van der Waals surface area contributed by atoms with Crippen LogP contribution in [-0.2, 0) is 4.74 Å². The molecule has 0 amide bonds. The maximum Gasteiger partial charge on any atom is 0.332 e. The van der Waals surface area contributed by atoms with E-state index in [4.69, 9.17) is 4.74 Å². The molecule has 0 bridgehead atoms. The van der Waals surface area contributed by atoms with Crippen molar-refractivity contribution in [3.05, 3.63) is 81.5 Å². The monoisotopic (exact) mass is 456 g/mol. The van der Waals surface area contributed by atoms with E-state index in [0.717, 1.165) is 4.57 Å². The standard InChI is InChI=1S/C21H24N6O6/c28-11-14-16(29)17(30)20(33-14)27-18(26-24-13-9-5-2-6-10-13)15(19(31)22-21(27)32)25-23-12-7-3-1-4-8-12/h1-10,14,16-17,20,23-26,28-30H,11H2,(H,22,31,32)/t14-,16+,17-,20+/m0/s1. The number of hydrogen-bond donors (Lipinski definition) is 8.